The van der Waals surface area contributed by atoms with Gasteiger partial charge in [0.2, 0.25) is 0 Å². The van der Waals surface area contributed by atoms with Crippen LogP contribution in [0.1, 0.15) is 15.2 Å². The molecule has 2 aromatic heterocycles. The van der Waals surface area contributed by atoms with E-state index in [-0.39, 0.29) is 5.91 Å². The third-order valence-electron chi connectivity index (χ3n) is 6.45. The molecule has 1 amide bonds. The maximum atomic E-state index is 13.5. The van der Waals surface area contributed by atoms with Crippen LogP contribution in [0.2, 0.25) is 5.02 Å². The lowest BCUT2D eigenvalue weighted by Crippen LogP contribution is -2.12. The average molecular weight is 520 g/mol. The number of halogens is 1. The number of carbonyl (C=O) groups is 1. The number of rotatable bonds is 4. The van der Waals surface area contributed by atoms with Crippen LogP contribution in [0, 0.1) is 6.92 Å². The molecule has 0 aliphatic rings. The molecule has 3 N–H and O–H groups in total. The number of carbonyl (C=O) groups excluding carboxylic acids is 1. The Hall–Kier alpha value is -4.19. The summed E-state index contributed by atoms with van der Waals surface area (Å²) in [6.45, 7) is 2.06. The molecule has 0 fully saturated rings. The van der Waals surface area contributed by atoms with Crippen LogP contribution in [-0.4, -0.2) is 10.9 Å². The Morgan fingerprint density at radius 1 is 0.892 bits per heavy atom. The topological polar surface area (TPSA) is 68.0 Å². The van der Waals surface area contributed by atoms with E-state index in [1.54, 1.807) is 0 Å². The summed E-state index contributed by atoms with van der Waals surface area (Å²) in [6, 6.07) is 31.7. The molecule has 6 heteroatoms. The molecular formula is C31H22ClN3OS. The molecule has 6 aromatic rings. The first-order valence-corrected chi connectivity index (χ1v) is 13.0. The highest BCUT2D eigenvalue weighted by molar-refractivity contribution is 7.21. The molecule has 180 valence electrons. The third kappa shape index (κ3) is 4.33. The Balaban J connectivity index is 1.50. The van der Waals surface area contributed by atoms with E-state index < -0.39 is 0 Å². The van der Waals surface area contributed by atoms with Gasteiger partial charge in [-0.15, -0.1) is 11.3 Å². The number of nitrogens with zero attached hydrogens (tertiary/aromatic N) is 1. The normalized spacial score (nSPS) is 11.2. The van der Waals surface area contributed by atoms with Gasteiger partial charge in [-0.2, -0.15) is 0 Å². The first-order chi connectivity index (χ1) is 18.0. The van der Waals surface area contributed by atoms with Crippen LogP contribution in [0.25, 0.3) is 43.4 Å². The largest absolute Gasteiger partial charge is 0.397 e. The van der Waals surface area contributed by atoms with E-state index >= 15 is 0 Å². The van der Waals surface area contributed by atoms with Crippen LogP contribution in [0.3, 0.4) is 0 Å². The number of fused-ring (bicyclic) bond motifs is 2. The predicted octanol–water partition coefficient (Wildman–Crippen LogP) is 8.58. The van der Waals surface area contributed by atoms with Crippen LogP contribution in [0.5, 0.6) is 0 Å². The zero-order chi connectivity index (χ0) is 25.5. The molecule has 0 aliphatic heterocycles. The lowest BCUT2D eigenvalue weighted by Gasteiger charge is -2.10. The minimum atomic E-state index is -0.254. The highest BCUT2D eigenvalue weighted by Crippen LogP contribution is 2.42. The first kappa shape index (κ1) is 23.2. The van der Waals surface area contributed by atoms with Gasteiger partial charge in [0.1, 0.15) is 9.71 Å². The second-order valence-corrected chi connectivity index (χ2v) is 10.4. The fraction of sp³-hybridized carbons (Fsp3) is 0.0323. The monoisotopic (exact) mass is 519 g/mol. The molecule has 2 heterocycles. The number of aromatic nitrogens is 1. The highest BCUT2D eigenvalue weighted by atomic mass is 35.5. The van der Waals surface area contributed by atoms with Crippen molar-refractivity contribution in [3.8, 4) is 22.4 Å². The number of anilines is 2. The van der Waals surface area contributed by atoms with Crippen molar-refractivity contribution >= 4 is 61.2 Å². The lowest BCUT2D eigenvalue weighted by molar-refractivity contribution is 0.103. The predicted molar refractivity (Wildman–Crippen MR) is 157 cm³/mol. The first-order valence-electron chi connectivity index (χ1n) is 11.8. The molecule has 0 radical (unpaired) electrons. The van der Waals surface area contributed by atoms with E-state index in [0.29, 0.717) is 20.4 Å². The molecule has 0 unspecified atom stereocenters. The Kier molecular flexibility index (Phi) is 5.87. The molecule has 0 aliphatic carbocycles. The fourth-order valence-electron chi connectivity index (χ4n) is 4.53. The van der Waals surface area contributed by atoms with Crippen molar-refractivity contribution in [2.45, 2.75) is 6.92 Å². The fourth-order valence-corrected chi connectivity index (χ4v) is 5.67. The molecule has 6 rings (SSSR count). The Morgan fingerprint density at radius 2 is 1.59 bits per heavy atom. The molecule has 0 saturated heterocycles. The second-order valence-electron chi connectivity index (χ2n) is 8.93. The van der Waals surface area contributed by atoms with Crippen molar-refractivity contribution in [2.24, 2.45) is 0 Å². The number of amides is 1. The van der Waals surface area contributed by atoms with Gasteiger partial charge in [-0.25, -0.2) is 4.98 Å². The summed E-state index contributed by atoms with van der Waals surface area (Å²) in [5.41, 5.74) is 12.7. The van der Waals surface area contributed by atoms with Crippen molar-refractivity contribution in [1.82, 2.24) is 4.98 Å². The summed E-state index contributed by atoms with van der Waals surface area (Å²) < 4.78 is 0. The molecule has 0 atom stereocenters. The number of benzene rings is 4. The summed E-state index contributed by atoms with van der Waals surface area (Å²) in [4.78, 5) is 19.6. The van der Waals surface area contributed by atoms with E-state index in [9.17, 15) is 4.79 Å². The average Bonchev–Trinajstić information content (AvgIpc) is 3.26. The van der Waals surface area contributed by atoms with Crippen LogP contribution < -0.4 is 11.1 Å². The van der Waals surface area contributed by atoms with Gasteiger partial charge in [-0.3, -0.25) is 4.79 Å². The smallest absolute Gasteiger partial charge is 0.267 e. The van der Waals surface area contributed by atoms with Crippen LogP contribution in [0.15, 0.2) is 97.1 Å². The van der Waals surface area contributed by atoms with Crippen molar-refractivity contribution < 1.29 is 4.79 Å². The van der Waals surface area contributed by atoms with E-state index in [2.05, 4.69) is 36.5 Å². The molecule has 4 aromatic carbocycles. The number of hydrogen-bond acceptors (Lipinski definition) is 4. The Bertz CT molecular complexity index is 1790. The molecule has 4 nitrogen and oxygen atoms in total. The molecule has 0 bridgehead atoms. The van der Waals surface area contributed by atoms with Crippen molar-refractivity contribution in [1.29, 1.82) is 0 Å². The standard InChI is InChI=1S/C31H22ClN3OS/c1-18-9-11-21(12-10-18)26-17-24(20-13-15-22(32)16-14-20)27-28(33)29(37-31(27)35-26)30(36)34-25-8-4-6-19-5-2-3-7-23(19)25/h2-17H,33H2,1H3,(H,34,36). The Labute approximate surface area is 223 Å². The number of nitrogens with one attached hydrogen (secondary N) is 1. The van der Waals surface area contributed by atoms with Gasteiger partial charge in [0.25, 0.3) is 5.91 Å². The quantitative estimate of drug-likeness (QED) is 0.245. The number of aryl methyl sites for hydroxylation is 1. The maximum absolute atomic E-state index is 13.5. The minimum Gasteiger partial charge on any atom is -0.397 e. The van der Waals surface area contributed by atoms with E-state index in [1.807, 2.05) is 72.8 Å². The molecule has 37 heavy (non-hydrogen) atoms. The van der Waals surface area contributed by atoms with Crippen LogP contribution >= 0.6 is 22.9 Å². The highest BCUT2D eigenvalue weighted by Gasteiger charge is 2.22. The van der Waals surface area contributed by atoms with Gasteiger partial charge in [-0.1, -0.05) is 90.0 Å². The molecular weight excluding hydrogens is 498 g/mol. The number of nitrogen functional groups attached to an aromatic ring is 1. The number of thiophene rings is 1. The van der Waals surface area contributed by atoms with Gasteiger partial charge >= 0.3 is 0 Å². The van der Waals surface area contributed by atoms with Crippen molar-refractivity contribution in [2.75, 3.05) is 11.1 Å². The second kappa shape index (κ2) is 9.36. The summed E-state index contributed by atoms with van der Waals surface area (Å²) in [5, 5.41) is 6.52. The zero-order valence-corrected chi connectivity index (χ0v) is 21.5. The van der Waals surface area contributed by atoms with Crippen molar-refractivity contribution in [3.05, 3.63) is 113 Å². The van der Waals surface area contributed by atoms with E-state index in [4.69, 9.17) is 22.3 Å². The van der Waals surface area contributed by atoms with E-state index in [0.717, 1.165) is 44.2 Å². The van der Waals surface area contributed by atoms with Gasteiger partial charge in [0, 0.05) is 27.0 Å². The SMILES string of the molecule is Cc1ccc(-c2cc(-c3ccc(Cl)cc3)c3c(N)c(C(=O)Nc4cccc5ccccc45)sc3n2)cc1. The maximum Gasteiger partial charge on any atom is 0.267 e. The summed E-state index contributed by atoms with van der Waals surface area (Å²) >= 11 is 7.47. The van der Waals surface area contributed by atoms with Crippen LogP contribution in [0.4, 0.5) is 11.4 Å². The van der Waals surface area contributed by atoms with Crippen molar-refractivity contribution in [3.63, 3.8) is 0 Å². The number of nitrogens with two attached hydrogens (primary N) is 1. The lowest BCUT2D eigenvalue weighted by atomic mass is 9.99. The number of pyridine rings is 1. The van der Waals surface area contributed by atoms with Gasteiger partial charge in [0.15, 0.2) is 0 Å². The van der Waals surface area contributed by atoms with Gasteiger partial charge < -0.3 is 11.1 Å². The molecule has 0 saturated carbocycles. The summed E-state index contributed by atoms with van der Waals surface area (Å²) in [5.74, 6) is -0.254. The summed E-state index contributed by atoms with van der Waals surface area (Å²) in [7, 11) is 0. The van der Waals surface area contributed by atoms with E-state index in [1.165, 1.54) is 16.9 Å². The van der Waals surface area contributed by atoms with Gasteiger partial charge in [0.05, 0.1) is 11.4 Å². The third-order valence-corrected chi connectivity index (χ3v) is 7.80. The zero-order valence-electron chi connectivity index (χ0n) is 20.0. The Morgan fingerprint density at radius 3 is 2.38 bits per heavy atom. The molecule has 0 spiro atoms. The number of hydrogen-bond donors (Lipinski definition) is 2. The summed E-state index contributed by atoms with van der Waals surface area (Å²) in [6.07, 6.45) is 0. The minimum absolute atomic E-state index is 0.254. The van der Waals surface area contributed by atoms with Gasteiger partial charge in [-0.05, 0) is 47.7 Å². The van der Waals surface area contributed by atoms with Crippen LogP contribution in [-0.2, 0) is 0 Å².